The van der Waals surface area contributed by atoms with Crippen LogP contribution in [0.1, 0.15) is 83.5 Å². The van der Waals surface area contributed by atoms with Gasteiger partial charge in [0.15, 0.2) is 34.8 Å². The molecule has 0 fully saturated rings. The van der Waals surface area contributed by atoms with Crippen molar-refractivity contribution in [3.63, 3.8) is 0 Å². The standard InChI is InChI=1S/C17H21NO3S3.C16H17NO3S.C15H15NO3S.C15H13NO3S/c1-4-20-13-8-6-12(7-9-13)16-18-14(10-24-16)17(19)21-15(11-22-3)23-5-2;1-4-11(3)20-16(18)14-10-21-15(17-14)12-6-8-13(9-7-12)19-5-2;2*1-3-9-19-15(17)13-10-20-14(16-13)11-5-7-12(8-6-11)18-4-2/h6-10,15H,4-5,11H2,1-3H3;4,6-11H,1,5H2,2-3H3;3,5-8,10H,1,4,9H2,2H3;1,5-8,10H,4,9H2,2H3. The van der Waals surface area contributed by atoms with Gasteiger partial charge in [-0.25, -0.2) is 39.1 Å². The molecule has 0 N–H and O–H groups in total. The maximum Gasteiger partial charge on any atom is 0.358 e. The molecule has 0 bridgehead atoms. The van der Waals surface area contributed by atoms with Crippen LogP contribution in [0.3, 0.4) is 0 Å². The van der Waals surface area contributed by atoms with Crippen molar-refractivity contribution in [3.05, 3.63) is 167 Å². The largest absolute Gasteiger partial charge is 0.494 e. The third kappa shape index (κ3) is 22.6. The van der Waals surface area contributed by atoms with Gasteiger partial charge in [0.25, 0.3) is 0 Å². The summed E-state index contributed by atoms with van der Waals surface area (Å²) < 4.78 is 42.1. The molecule has 0 saturated carbocycles. The molecule has 0 spiro atoms. The molecule has 8 aromatic rings. The molecule has 446 valence electrons. The second kappa shape index (κ2) is 37.5. The number of hydrogen-bond acceptors (Lipinski definition) is 22. The van der Waals surface area contributed by atoms with E-state index in [0.29, 0.717) is 43.5 Å². The lowest BCUT2D eigenvalue weighted by atomic mass is 10.2. The lowest BCUT2D eigenvalue weighted by Crippen LogP contribution is -2.18. The van der Waals surface area contributed by atoms with E-state index in [1.807, 2.05) is 131 Å². The highest BCUT2D eigenvalue weighted by Crippen LogP contribution is 2.30. The van der Waals surface area contributed by atoms with E-state index in [1.165, 1.54) is 51.4 Å². The number of nitrogens with zero attached hydrogens (tertiary/aromatic N) is 4. The molecule has 0 amide bonds. The summed E-state index contributed by atoms with van der Waals surface area (Å²) >= 11 is 8.93. The van der Waals surface area contributed by atoms with Crippen LogP contribution < -0.4 is 18.9 Å². The average molecular weight is 1260 g/mol. The zero-order valence-electron chi connectivity index (χ0n) is 48.1. The molecule has 2 atom stereocenters. The lowest BCUT2D eigenvalue weighted by Gasteiger charge is -2.14. The molecule has 0 saturated heterocycles. The summed E-state index contributed by atoms with van der Waals surface area (Å²) in [5.41, 5.74) is 4.92. The first-order chi connectivity index (χ1) is 41.3. The Balaban J connectivity index is 0.000000208. The molecule has 4 aromatic heterocycles. The number of ether oxygens (including phenoxy) is 8. The van der Waals surface area contributed by atoms with Crippen molar-refractivity contribution in [2.45, 2.75) is 53.1 Å². The molecule has 0 aliphatic rings. The van der Waals surface area contributed by atoms with Crippen LogP contribution in [0.5, 0.6) is 23.0 Å². The quantitative estimate of drug-likeness (QED) is 0.0163. The Labute approximate surface area is 521 Å². The summed E-state index contributed by atoms with van der Waals surface area (Å²) in [5, 5.41) is 9.90. The molecule has 85 heavy (non-hydrogen) atoms. The van der Waals surface area contributed by atoms with E-state index in [1.54, 1.807) is 58.0 Å². The van der Waals surface area contributed by atoms with E-state index in [2.05, 4.69) is 45.9 Å². The minimum absolute atomic E-state index is 0.0469. The zero-order chi connectivity index (χ0) is 61.3. The van der Waals surface area contributed by atoms with Crippen LogP contribution in [0.4, 0.5) is 0 Å². The number of carbonyl (C=O) groups excluding carboxylic acids is 4. The Kier molecular flexibility index (Phi) is 30.0. The molecule has 2 unspecified atom stereocenters. The monoisotopic (exact) mass is 1260 g/mol. The number of hydrogen-bond donors (Lipinski definition) is 0. The Hall–Kier alpha value is -7.78. The van der Waals surface area contributed by atoms with Crippen LogP contribution in [-0.4, -0.2) is 113 Å². The number of aromatic nitrogens is 4. The van der Waals surface area contributed by atoms with Crippen LogP contribution in [-0.2, 0) is 18.9 Å². The molecule has 16 nitrogen and oxygen atoms in total. The molecule has 0 aliphatic heterocycles. The predicted molar refractivity (Wildman–Crippen MR) is 345 cm³/mol. The maximum absolute atomic E-state index is 12.3. The van der Waals surface area contributed by atoms with E-state index >= 15 is 0 Å². The van der Waals surface area contributed by atoms with Gasteiger partial charge in [0.2, 0.25) is 0 Å². The van der Waals surface area contributed by atoms with Gasteiger partial charge in [-0.1, -0.05) is 38.2 Å². The number of benzene rings is 4. The van der Waals surface area contributed by atoms with Gasteiger partial charge in [0.05, 0.1) is 26.4 Å². The van der Waals surface area contributed by atoms with Crippen molar-refractivity contribution >= 4 is 92.7 Å². The van der Waals surface area contributed by atoms with E-state index in [-0.39, 0.29) is 36.4 Å². The van der Waals surface area contributed by atoms with E-state index in [4.69, 9.17) is 44.3 Å². The van der Waals surface area contributed by atoms with Gasteiger partial charge < -0.3 is 37.9 Å². The van der Waals surface area contributed by atoms with Gasteiger partial charge in [-0.2, -0.15) is 11.8 Å². The number of esters is 4. The molecular formula is C63H66N4O12S6. The van der Waals surface area contributed by atoms with Crippen LogP contribution >= 0.6 is 68.9 Å². The fourth-order valence-electron chi connectivity index (χ4n) is 6.73. The van der Waals surface area contributed by atoms with Crippen LogP contribution in [0.25, 0.3) is 42.3 Å². The fourth-order valence-corrected chi connectivity index (χ4v) is 11.6. The van der Waals surface area contributed by atoms with Gasteiger partial charge in [-0.3, -0.25) is 0 Å². The van der Waals surface area contributed by atoms with Gasteiger partial charge in [-0.15, -0.1) is 63.5 Å². The smallest absolute Gasteiger partial charge is 0.358 e. The maximum atomic E-state index is 12.3. The number of terminal acetylenes is 1. The Morgan fingerprint density at radius 3 is 1.15 bits per heavy atom. The first kappa shape index (κ1) is 68.0. The van der Waals surface area contributed by atoms with Crippen molar-refractivity contribution in [1.29, 1.82) is 0 Å². The highest BCUT2D eigenvalue weighted by molar-refractivity contribution is 8.02. The molecule has 4 aromatic carbocycles. The van der Waals surface area contributed by atoms with E-state index < -0.39 is 17.9 Å². The van der Waals surface area contributed by atoms with Crippen molar-refractivity contribution in [1.82, 2.24) is 19.9 Å². The third-order valence-electron chi connectivity index (χ3n) is 10.6. The number of thiazole rings is 4. The Bertz CT molecular complexity index is 3370. The predicted octanol–water partition coefficient (Wildman–Crippen LogP) is 15.3. The van der Waals surface area contributed by atoms with Crippen molar-refractivity contribution in [2.24, 2.45) is 0 Å². The second-order valence-corrected chi connectivity index (χ2v) is 22.5. The molecule has 0 radical (unpaired) electrons. The second-order valence-electron chi connectivity index (χ2n) is 16.7. The summed E-state index contributed by atoms with van der Waals surface area (Å²) in [5.74, 6) is 5.47. The molecule has 4 heterocycles. The average Bonchev–Trinajstić information content (AvgIpc) is 4.59. The van der Waals surface area contributed by atoms with Gasteiger partial charge in [0, 0.05) is 49.5 Å². The van der Waals surface area contributed by atoms with Gasteiger partial charge >= 0.3 is 23.9 Å². The first-order valence-electron chi connectivity index (χ1n) is 26.6. The van der Waals surface area contributed by atoms with Crippen LogP contribution in [0, 0.1) is 12.3 Å². The molecule has 22 heteroatoms. The Morgan fingerprint density at radius 1 is 0.529 bits per heavy atom. The Morgan fingerprint density at radius 2 is 0.859 bits per heavy atom. The number of carbonyl (C=O) groups is 4. The van der Waals surface area contributed by atoms with Crippen LogP contribution in [0.2, 0.25) is 0 Å². The zero-order valence-corrected chi connectivity index (χ0v) is 53.0. The van der Waals surface area contributed by atoms with Crippen molar-refractivity contribution in [3.8, 4) is 77.6 Å². The number of rotatable bonds is 26. The summed E-state index contributed by atoms with van der Waals surface area (Å²) in [6.07, 6.45) is 9.80. The molecule has 0 aliphatic carbocycles. The first-order valence-corrected chi connectivity index (χ1v) is 32.5. The summed E-state index contributed by atoms with van der Waals surface area (Å²) in [6.45, 7) is 21.3. The fraction of sp³-hybridized carbons (Fsp3) is 0.270. The van der Waals surface area contributed by atoms with E-state index in [9.17, 15) is 19.2 Å². The topological polar surface area (TPSA) is 194 Å². The minimum Gasteiger partial charge on any atom is -0.494 e. The lowest BCUT2D eigenvalue weighted by molar-refractivity contribution is 0.0416. The highest BCUT2D eigenvalue weighted by Gasteiger charge is 2.20. The highest BCUT2D eigenvalue weighted by atomic mass is 32.2. The SMILES string of the molecule is C#CCOC(=O)c1csc(-c2ccc(OCC)cc2)n1.C=CC(C)OC(=O)c1csc(-c2ccc(OCC)cc2)n1.C=CCOC(=O)c1csc(-c2ccc(OCC)cc2)n1.CCOc1ccc(-c2nc(C(=O)OC(CSC)SCC)cs2)cc1. The van der Waals surface area contributed by atoms with E-state index in [0.717, 1.165) is 76.8 Å². The molecule has 8 rings (SSSR count). The van der Waals surface area contributed by atoms with Gasteiger partial charge in [-0.05, 0) is 144 Å². The van der Waals surface area contributed by atoms with Crippen LogP contribution in [0.15, 0.2) is 144 Å². The van der Waals surface area contributed by atoms with Crippen molar-refractivity contribution < 1.29 is 57.1 Å². The molecular weight excluding hydrogens is 1200 g/mol. The number of thioether (sulfide) groups is 2. The minimum atomic E-state index is -0.503. The summed E-state index contributed by atoms with van der Waals surface area (Å²) in [7, 11) is 0. The van der Waals surface area contributed by atoms with Crippen molar-refractivity contribution in [2.75, 3.05) is 57.4 Å². The van der Waals surface area contributed by atoms with Gasteiger partial charge in [0.1, 0.15) is 55.7 Å². The summed E-state index contributed by atoms with van der Waals surface area (Å²) in [6, 6.07) is 30.5. The normalized spacial score (nSPS) is 10.9. The summed E-state index contributed by atoms with van der Waals surface area (Å²) in [4.78, 5) is 64.6. The third-order valence-corrected chi connectivity index (χ3v) is 16.0.